The van der Waals surface area contributed by atoms with Crippen LogP contribution in [0.25, 0.3) is 16.9 Å². The number of halogens is 2. The largest absolute Gasteiger partial charge is 0.494 e. The quantitative estimate of drug-likeness (QED) is 0.552. The number of fused-ring (bicyclic) bond motifs is 2. The molecule has 5 rings (SSSR count). The first-order chi connectivity index (χ1) is 14.6. The van der Waals surface area contributed by atoms with Crippen LogP contribution in [0.15, 0.2) is 30.5 Å². The molecule has 7 heteroatoms. The summed E-state index contributed by atoms with van der Waals surface area (Å²) in [5, 5.41) is 4.46. The number of hydrogen-bond acceptors (Lipinski definition) is 4. The van der Waals surface area contributed by atoms with Crippen LogP contribution in [0.3, 0.4) is 0 Å². The maximum Gasteiger partial charge on any atom is 0.231 e. The predicted molar refractivity (Wildman–Crippen MR) is 109 cm³/mol. The van der Waals surface area contributed by atoms with Gasteiger partial charge in [-0.15, -0.1) is 5.10 Å². The lowest BCUT2D eigenvalue weighted by Crippen LogP contribution is -2.33. The van der Waals surface area contributed by atoms with Crippen molar-refractivity contribution in [2.45, 2.75) is 38.5 Å². The van der Waals surface area contributed by atoms with Gasteiger partial charge in [-0.2, -0.15) is 4.39 Å². The summed E-state index contributed by atoms with van der Waals surface area (Å²) in [5.41, 5.74) is 0.969. The van der Waals surface area contributed by atoms with E-state index < -0.39 is 11.6 Å². The summed E-state index contributed by atoms with van der Waals surface area (Å²) < 4.78 is 40.9. The first-order valence-corrected chi connectivity index (χ1v) is 10.6. The Morgan fingerprint density at radius 3 is 2.63 bits per heavy atom. The molecular weight excluding hydrogens is 388 g/mol. The molecule has 2 aromatic heterocycles. The van der Waals surface area contributed by atoms with E-state index in [4.69, 9.17) is 9.47 Å². The van der Waals surface area contributed by atoms with Gasteiger partial charge in [0.1, 0.15) is 0 Å². The molecule has 2 fully saturated rings. The zero-order valence-corrected chi connectivity index (χ0v) is 17.0. The summed E-state index contributed by atoms with van der Waals surface area (Å²) in [4.78, 5) is 4.25. The normalized spacial score (nSPS) is 23.1. The SMILES string of the molecule is COc1ccc(-c2cnc3ccc(OCCC4CCC5CCC5C4)nn23)c(F)c1F. The summed E-state index contributed by atoms with van der Waals surface area (Å²) in [6, 6.07) is 6.39. The lowest BCUT2D eigenvalue weighted by Gasteiger charge is -2.43. The maximum absolute atomic E-state index is 14.6. The molecule has 5 nitrogen and oxygen atoms in total. The Bertz CT molecular complexity index is 1070. The molecule has 0 N–H and O–H groups in total. The Morgan fingerprint density at radius 1 is 1.03 bits per heavy atom. The van der Waals surface area contributed by atoms with Crippen LogP contribution in [0.4, 0.5) is 8.78 Å². The molecule has 2 saturated carbocycles. The standard InChI is InChI=1S/C23H25F2N3O2/c1-29-19-7-6-17(22(24)23(19)25)18-13-26-20-8-9-21(27-28(18)20)30-11-10-14-2-3-15-4-5-16(15)12-14/h6-9,13-16H,2-5,10-12H2,1H3. The highest BCUT2D eigenvalue weighted by atomic mass is 19.2. The summed E-state index contributed by atoms with van der Waals surface area (Å²) in [6.45, 7) is 0.607. The van der Waals surface area contributed by atoms with Gasteiger partial charge in [-0.05, 0) is 68.1 Å². The van der Waals surface area contributed by atoms with Gasteiger partial charge in [0.15, 0.2) is 17.2 Å². The van der Waals surface area contributed by atoms with E-state index in [2.05, 4.69) is 10.1 Å². The average molecular weight is 413 g/mol. The van der Waals surface area contributed by atoms with Crippen LogP contribution in [0.5, 0.6) is 11.6 Å². The molecule has 3 aromatic rings. The minimum atomic E-state index is -1.03. The van der Waals surface area contributed by atoms with Crippen LogP contribution < -0.4 is 9.47 Å². The third-order valence-corrected chi connectivity index (χ3v) is 6.81. The number of aromatic nitrogens is 3. The molecule has 0 saturated heterocycles. The van der Waals surface area contributed by atoms with E-state index in [-0.39, 0.29) is 11.3 Å². The van der Waals surface area contributed by atoms with E-state index in [1.165, 1.54) is 62.1 Å². The van der Waals surface area contributed by atoms with Crippen molar-refractivity contribution in [3.05, 3.63) is 42.1 Å². The van der Waals surface area contributed by atoms with Crippen molar-refractivity contribution in [2.24, 2.45) is 17.8 Å². The molecule has 3 atom stereocenters. The molecule has 30 heavy (non-hydrogen) atoms. The Morgan fingerprint density at radius 2 is 1.87 bits per heavy atom. The summed E-state index contributed by atoms with van der Waals surface area (Å²) in [7, 11) is 1.30. The maximum atomic E-state index is 14.6. The van der Waals surface area contributed by atoms with E-state index in [0.717, 1.165) is 24.2 Å². The highest BCUT2D eigenvalue weighted by Crippen LogP contribution is 2.47. The van der Waals surface area contributed by atoms with Crippen molar-refractivity contribution < 1.29 is 18.3 Å². The van der Waals surface area contributed by atoms with Crippen LogP contribution >= 0.6 is 0 Å². The molecule has 0 radical (unpaired) electrons. The number of benzene rings is 1. The Labute approximate surface area is 174 Å². The Balaban J connectivity index is 1.31. The zero-order valence-electron chi connectivity index (χ0n) is 17.0. The highest BCUT2D eigenvalue weighted by Gasteiger charge is 2.36. The number of rotatable bonds is 6. The van der Waals surface area contributed by atoms with Crippen LogP contribution in [0, 0.1) is 29.4 Å². The summed E-state index contributed by atoms with van der Waals surface area (Å²) in [6.07, 6.45) is 9.31. The fraction of sp³-hybridized carbons (Fsp3) is 0.478. The third kappa shape index (κ3) is 3.40. The van der Waals surface area contributed by atoms with Crippen LogP contribution in [-0.4, -0.2) is 28.3 Å². The summed E-state index contributed by atoms with van der Waals surface area (Å²) in [5.74, 6) is 0.942. The van der Waals surface area contributed by atoms with Gasteiger partial charge in [0.05, 0.1) is 25.6 Å². The van der Waals surface area contributed by atoms with Crippen molar-refractivity contribution in [2.75, 3.05) is 13.7 Å². The van der Waals surface area contributed by atoms with Gasteiger partial charge in [-0.3, -0.25) is 0 Å². The first kappa shape index (κ1) is 19.3. The average Bonchev–Trinajstić information content (AvgIpc) is 3.15. The van der Waals surface area contributed by atoms with E-state index in [0.29, 0.717) is 23.8 Å². The van der Waals surface area contributed by atoms with Crippen LogP contribution in [0.1, 0.15) is 38.5 Å². The Hall–Kier alpha value is -2.70. The molecule has 0 aliphatic heterocycles. The minimum absolute atomic E-state index is 0.0720. The fourth-order valence-electron chi connectivity index (χ4n) is 4.92. The van der Waals surface area contributed by atoms with E-state index in [1.807, 2.05) is 0 Å². The van der Waals surface area contributed by atoms with Gasteiger partial charge >= 0.3 is 0 Å². The number of ether oxygens (including phenoxy) is 2. The molecule has 158 valence electrons. The minimum Gasteiger partial charge on any atom is -0.494 e. The van der Waals surface area contributed by atoms with Gasteiger partial charge in [-0.1, -0.05) is 6.42 Å². The smallest absolute Gasteiger partial charge is 0.231 e. The van der Waals surface area contributed by atoms with Crippen molar-refractivity contribution >= 4 is 5.65 Å². The molecule has 3 unspecified atom stereocenters. The third-order valence-electron chi connectivity index (χ3n) is 6.81. The number of hydrogen-bond donors (Lipinski definition) is 0. The van der Waals surface area contributed by atoms with Gasteiger partial charge in [0, 0.05) is 11.6 Å². The molecule has 0 spiro atoms. The predicted octanol–water partition coefficient (Wildman–Crippen LogP) is 5.28. The second kappa shape index (κ2) is 7.85. The van der Waals surface area contributed by atoms with Crippen molar-refractivity contribution in [1.29, 1.82) is 0 Å². The molecule has 0 bridgehead atoms. The van der Waals surface area contributed by atoms with Gasteiger partial charge in [-0.25, -0.2) is 13.9 Å². The van der Waals surface area contributed by atoms with E-state index >= 15 is 0 Å². The van der Waals surface area contributed by atoms with Crippen molar-refractivity contribution in [3.63, 3.8) is 0 Å². The number of nitrogens with zero attached hydrogens (tertiary/aromatic N) is 3. The topological polar surface area (TPSA) is 48.7 Å². The monoisotopic (exact) mass is 413 g/mol. The molecule has 1 aromatic carbocycles. The molecule has 2 aliphatic carbocycles. The van der Waals surface area contributed by atoms with Crippen LogP contribution in [0.2, 0.25) is 0 Å². The Kier molecular flexibility index (Phi) is 5.05. The van der Waals surface area contributed by atoms with Gasteiger partial charge < -0.3 is 9.47 Å². The van der Waals surface area contributed by atoms with Crippen molar-refractivity contribution in [1.82, 2.24) is 14.6 Å². The highest BCUT2D eigenvalue weighted by molar-refractivity contribution is 5.65. The lowest BCUT2D eigenvalue weighted by molar-refractivity contribution is 0.0705. The molecule has 2 aliphatic rings. The first-order valence-electron chi connectivity index (χ1n) is 10.6. The van der Waals surface area contributed by atoms with Crippen LogP contribution in [-0.2, 0) is 0 Å². The van der Waals surface area contributed by atoms with E-state index in [1.54, 1.807) is 12.1 Å². The molecular formula is C23H25F2N3O2. The van der Waals surface area contributed by atoms with Gasteiger partial charge in [0.2, 0.25) is 11.7 Å². The second-order valence-corrected chi connectivity index (χ2v) is 8.44. The molecule has 0 amide bonds. The van der Waals surface area contributed by atoms with Gasteiger partial charge in [0.25, 0.3) is 0 Å². The fourth-order valence-corrected chi connectivity index (χ4v) is 4.92. The zero-order chi connectivity index (χ0) is 20.7. The summed E-state index contributed by atoms with van der Waals surface area (Å²) >= 11 is 0. The molecule has 2 heterocycles. The van der Waals surface area contributed by atoms with E-state index in [9.17, 15) is 8.78 Å². The number of methoxy groups -OCH3 is 1. The lowest BCUT2D eigenvalue weighted by atomic mass is 9.62. The van der Waals surface area contributed by atoms with Crippen molar-refractivity contribution in [3.8, 4) is 22.9 Å². The number of imidazole rings is 1. The second-order valence-electron chi connectivity index (χ2n) is 8.44.